The Bertz CT molecular complexity index is 918. The van der Waals surface area contributed by atoms with Crippen LogP contribution in [0.4, 0.5) is 0 Å². The molecular weight excluding hydrogens is 368 g/mol. The lowest BCUT2D eigenvalue weighted by molar-refractivity contribution is 0.104. The van der Waals surface area contributed by atoms with Crippen LogP contribution in [0.3, 0.4) is 0 Å². The van der Waals surface area contributed by atoms with Gasteiger partial charge in [-0.1, -0.05) is 18.2 Å². The first-order chi connectivity index (χ1) is 14.1. The van der Waals surface area contributed by atoms with E-state index in [9.17, 15) is 10.2 Å². The van der Waals surface area contributed by atoms with Gasteiger partial charge in [0.2, 0.25) is 0 Å². The van der Waals surface area contributed by atoms with Crippen molar-refractivity contribution < 1.29 is 19.7 Å². The highest BCUT2D eigenvalue weighted by Gasteiger charge is 2.20. The van der Waals surface area contributed by atoms with Gasteiger partial charge in [0.1, 0.15) is 11.5 Å². The predicted octanol–water partition coefficient (Wildman–Crippen LogP) is 2.60. The fourth-order valence-electron chi connectivity index (χ4n) is 3.28. The molecule has 156 valence electrons. The van der Waals surface area contributed by atoms with Crippen LogP contribution in [-0.4, -0.2) is 53.8 Å². The van der Waals surface area contributed by atoms with E-state index < -0.39 is 5.54 Å². The van der Waals surface area contributed by atoms with E-state index in [1.807, 2.05) is 30.5 Å². The molecule has 3 aromatic rings. The molecule has 0 aliphatic rings. The molecule has 0 fully saturated rings. The highest BCUT2D eigenvalue weighted by atomic mass is 16.5. The van der Waals surface area contributed by atoms with Gasteiger partial charge in [0.25, 0.3) is 0 Å². The van der Waals surface area contributed by atoms with Crippen LogP contribution in [-0.2, 0) is 13.0 Å². The summed E-state index contributed by atoms with van der Waals surface area (Å²) in [6.07, 6.45) is 2.81. The number of nitrogens with one attached hydrogen (secondary N) is 1. The molecule has 0 saturated carbocycles. The SMILES string of the molecule is COc1ccccc1CCOc1ccc2ccn(CCNC(C)(CO)CO)c2c1. The molecule has 3 rings (SSSR count). The average molecular weight is 399 g/mol. The van der Waals surface area contributed by atoms with E-state index >= 15 is 0 Å². The second-order valence-corrected chi connectivity index (χ2v) is 7.44. The maximum atomic E-state index is 9.39. The molecule has 1 aromatic heterocycles. The fourth-order valence-corrected chi connectivity index (χ4v) is 3.28. The second-order valence-electron chi connectivity index (χ2n) is 7.44. The van der Waals surface area contributed by atoms with Crippen molar-refractivity contribution in [3.8, 4) is 11.5 Å². The summed E-state index contributed by atoms with van der Waals surface area (Å²) in [6.45, 7) is 3.51. The van der Waals surface area contributed by atoms with Crippen LogP contribution < -0.4 is 14.8 Å². The number of aliphatic hydroxyl groups excluding tert-OH is 2. The third-order valence-electron chi connectivity index (χ3n) is 5.18. The molecule has 0 aliphatic heterocycles. The van der Waals surface area contributed by atoms with E-state index in [1.54, 1.807) is 14.0 Å². The molecule has 0 radical (unpaired) electrons. The molecule has 0 atom stereocenters. The molecular formula is C23H30N2O4. The second kappa shape index (κ2) is 9.78. The standard InChI is InChI=1S/C23H30N2O4/c1-23(16-26,17-27)24-11-13-25-12-9-18-7-8-20(15-21(18)25)29-14-10-19-5-3-4-6-22(19)28-2/h3-9,12,15,24,26-27H,10-11,13-14,16-17H2,1-2H3. The maximum absolute atomic E-state index is 9.39. The Balaban J connectivity index is 1.61. The van der Waals surface area contributed by atoms with E-state index in [1.165, 1.54) is 0 Å². The number of ether oxygens (including phenoxy) is 2. The van der Waals surface area contributed by atoms with Gasteiger partial charge in [0.15, 0.2) is 0 Å². The quantitative estimate of drug-likeness (QED) is 0.463. The minimum absolute atomic E-state index is 0.111. The van der Waals surface area contributed by atoms with Crippen molar-refractivity contribution in [2.75, 3.05) is 33.5 Å². The topological polar surface area (TPSA) is 75.9 Å². The van der Waals surface area contributed by atoms with Crippen LogP contribution >= 0.6 is 0 Å². The molecule has 0 aliphatic carbocycles. The van der Waals surface area contributed by atoms with Crippen LogP contribution in [0.1, 0.15) is 12.5 Å². The Morgan fingerprint density at radius 1 is 1.07 bits per heavy atom. The Morgan fingerprint density at radius 3 is 2.62 bits per heavy atom. The van der Waals surface area contributed by atoms with Gasteiger partial charge < -0.3 is 29.6 Å². The summed E-state index contributed by atoms with van der Waals surface area (Å²) in [7, 11) is 1.68. The van der Waals surface area contributed by atoms with Gasteiger partial charge in [0.05, 0.1) is 38.0 Å². The number of para-hydroxylation sites is 1. The third-order valence-corrected chi connectivity index (χ3v) is 5.18. The summed E-state index contributed by atoms with van der Waals surface area (Å²) in [5, 5.41) is 23.1. The van der Waals surface area contributed by atoms with Crippen molar-refractivity contribution in [3.63, 3.8) is 0 Å². The number of aromatic nitrogens is 1. The predicted molar refractivity (Wildman–Crippen MR) is 115 cm³/mol. The monoisotopic (exact) mass is 398 g/mol. The van der Waals surface area contributed by atoms with Crippen molar-refractivity contribution in [3.05, 3.63) is 60.3 Å². The number of methoxy groups -OCH3 is 1. The molecule has 0 spiro atoms. The number of hydrogen-bond acceptors (Lipinski definition) is 5. The van der Waals surface area contributed by atoms with Gasteiger partial charge in [-0.05, 0) is 42.1 Å². The molecule has 6 heteroatoms. The molecule has 1 heterocycles. The zero-order valence-corrected chi connectivity index (χ0v) is 17.1. The minimum atomic E-state index is -0.671. The van der Waals surface area contributed by atoms with Crippen molar-refractivity contribution in [1.29, 1.82) is 0 Å². The normalized spacial score (nSPS) is 11.7. The van der Waals surface area contributed by atoms with E-state index in [0.29, 0.717) is 13.2 Å². The van der Waals surface area contributed by atoms with Crippen molar-refractivity contribution in [1.82, 2.24) is 9.88 Å². The number of rotatable bonds is 11. The Hall–Kier alpha value is -2.54. The lowest BCUT2D eigenvalue weighted by atomic mass is 10.1. The van der Waals surface area contributed by atoms with Crippen molar-refractivity contribution in [2.45, 2.75) is 25.4 Å². The molecule has 0 amide bonds. The smallest absolute Gasteiger partial charge is 0.122 e. The summed E-state index contributed by atoms with van der Waals surface area (Å²) in [6, 6.07) is 16.1. The van der Waals surface area contributed by atoms with Crippen molar-refractivity contribution >= 4 is 10.9 Å². The number of aliphatic hydroxyl groups is 2. The summed E-state index contributed by atoms with van der Waals surface area (Å²) >= 11 is 0. The van der Waals surface area contributed by atoms with Gasteiger partial charge >= 0.3 is 0 Å². The van der Waals surface area contributed by atoms with Gasteiger partial charge in [-0.3, -0.25) is 0 Å². The van der Waals surface area contributed by atoms with Crippen LogP contribution in [0.2, 0.25) is 0 Å². The molecule has 2 aromatic carbocycles. The average Bonchev–Trinajstić information content (AvgIpc) is 3.16. The highest BCUT2D eigenvalue weighted by molar-refractivity contribution is 5.81. The number of fused-ring (bicyclic) bond motifs is 1. The number of nitrogens with zero attached hydrogens (tertiary/aromatic N) is 1. The van der Waals surface area contributed by atoms with Crippen LogP contribution in [0.15, 0.2) is 54.7 Å². The molecule has 29 heavy (non-hydrogen) atoms. The van der Waals surface area contributed by atoms with Crippen LogP contribution in [0, 0.1) is 0 Å². The van der Waals surface area contributed by atoms with E-state index in [4.69, 9.17) is 9.47 Å². The van der Waals surface area contributed by atoms with Gasteiger partial charge in [0, 0.05) is 31.8 Å². The first-order valence-corrected chi connectivity index (χ1v) is 9.89. The van der Waals surface area contributed by atoms with Gasteiger partial charge in [-0.25, -0.2) is 0 Å². The Labute approximate surface area is 171 Å². The molecule has 0 bridgehead atoms. The highest BCUT2D eigenvalue weighted by Crippen LogP contribution is 2.23. The first-order valence-electron chi connectivity index (χ1n) is 9.89. The van der Waals surface area contributed by atoms with Crippen LogP contribution in [0.25, 0.3) is 10.9 Å². The Morgan fingerprint density at radius 2 is 1.86 bits per heavy atom. The number of hydrogen-bond donors (Lipinski definition) is 3. The Kier molecular flexibility index (Phi) is 7.14. The largest absolute Gasteiger partial charge is 0.496 e. The zero-order chi connectivity index (χ0) is 20.7. The molecule has 3 N–H and O–H groups in total. The summed E-state index contributed by atoms with van der Waals surface area (Å²) in [4.78, 5) is 0. The third kappa shape index (κ3) is 5.29. The zero-order valence-electron chi connectivity index (χ0n) is 17.1. The number of benzene rings is 2. The minimum Gasteiger partial charge on any atom is -0.496 e. The van der Waals surface area contributed by atoms with E-state index in [-0.39, 0.29) is 13.2 Å². The summed E-state index contributed by atoms with van der Waals surface area (Å²) in [5.74, 6) is 1.71. The van der Waals surface area contributed by atoms with Crippen LogP contribution in [0.5, 0.6) is 11.5 Å². The molecule has 6 nitrogen and oxygen atoms in total. The van der Waals surface area contributed by atoms with Crippen molar-refractivity contribution in [2.24, 2.45) is 0 Å². The summed E-state index contributed by atoms with van der Waals surface area (Å²) < 4.78 is 13.5. The lowest BCUT2D eigenvalue weighted by Crippen LogP contribution is -2.49. The van der Waals surface area contributed by atoms with E-state index in [2.05, 4.69) is 34.1 Å². The summed E-state index contributed by atoms with van der Waals surface area (Å²) in [5.41, 5.74) is 1.55. The lowest BCUT2D eigenvalue weighted by Gasteiger charge is -2.26. The molecule has 0 unspecified atom stereocenters. The molecule has 0 saturated heterocycles. The van der Waals surface area contributed by atoms with E-state index in [0.717, 1.165) is 40.9 Å². The van der Waals surface area contributed by atoms with Gasteiger partial charge in [-0.2, -0.15) is 0 Å². The maximum Gasteiger partial charge on any atom is 0.122 e. The van der Waals surface area contributed by atoms with Gasteiger partial charge in [-0.15, -0.1) is 0 Å². The first kappa shape index (κ1) is 21.2. The fraction of sp³-hybridized carbons (Fsp3) is 0.391.